The number of ether oxygens (including phenoxy) is 1. The van der Waals surface area contributed by atoms with Crippen LogP contribution in [0.1, 0.15) is 52.7 Å². The van der Waals surface area contributed by atoms with Gasteiger partial charge in [-0.15, -0.1) is 0 Å². The Morgan fingerprint density at radius 3 is 2.28 bits per heavy atom. The fourth-order valence-corrected chi connectivity index (χ4v) is 9.50. The molecule has 2 aliphatic carbocycles. The summed E-state index contributed by atoms with van der Waals surface area (Å²) in [5.74, 6) is -8.01. The highest BCUT2D eigenvalue weighted by molar-refractivity contribution is 6.33. The molecule has 2 aliphatic heterocycles. The number of halogens is 5. The van der Waals surface area contributed by atoms with E-state index in [1.54, 1.807) is 30.3 Å². The fourth-order valence-electron chi connectivity index (χ4n) is 9.17. The van der Waals surface area contributed by atoms with Crippen LogP contribution in [0.2, 0.25) is 10.0 Å². The van der Waals surface area contributed by atoms with Crippen LogP contribution in [0.25, 0.3) is 0 Å². The summed E-state index contributed by atoms with van der Waals surface area (Å²) in [4.78, 5) is 75.8. The summed E-state index contributed by atoms with van der Waals surface area (Å²) in [6.07, 6.45) is -2.41. The molecule has 3 aromatic carbocycles. The van der Waals surface area contributed by atoms with Crippen LogP contribution in [0.3, 0.4) is 0 Å². The van der Waals surface area contributed by atoms with E-state index < -0.39 is 81.2 Å². The zero-order chi connectivity index (χ0) is 40.7. The number of hydrogen-bond donors (Lipinski definition) is 2. The van der Waals surface area contributed by atoms with E-state index in [-0.39, 0.29) is 35.8 Å². The van der Waals surface area contributed by atoms with Gasteiger partial charge in [0.05, 0.1) is 46.6 Å². The first-order valence-electron chi connectivity index (χ1n) is 17.8. The molecule has 292 valence electrons. The Morgan fingerprint density at radius 1 is 0.947 bits per heavy atom. The summed E-state index contributed by atoms with van der Waals surface area (Å²) >= 11 is 12.6. The number of benzene rings is 3. The molecule has 8 rings (SSSR count). The average molecular weight is 820 g/mol. The first-order chi connectivity index (χ1) is 27.1. The van der Waals surface area contributed by atoms with Crippen molar-refractivity contribution in [2.45, 2.75) is 37.3 Å². The number of alkyl halides is 3. The molecule has 3 heterocycles. The topological polar surface area (TPSA) is 146 Å². The summed E-state index contributed by atoms with van der Waals surface area (Å²) in [5.41, 5.74) is 1.63. The highest BCUT2D eigenvalue weighted by Gasteiger charge is 2.70. The molecule has 16 heteroatoms. The number of imide groups is 2. The third-order valence-electron chi connectivity index (χ3n) is 11.6. The van der Waals surface area contributed by atoms with Crippen molar-refractivity contribution in [1.29, 1.82) is 0 Å². The van der Waals surface area contributed by atoms with Crippen LogP contribution in [0.4, 0.5) is 24.7 Å². The van der Waals surface area contributed by atoms with Crippen molar-refractivity contribution in [1.82, 2.24) is 9.99 Å². The zero-order valence-electron chi connectivity index (χ0n) is 30.0. The van der Waals surface area contributed by atoms with E-state index in [1.807, 2.05) is 6.08 Å². The first-order valence-corrected chi connectivity index (χ1v) is 18.5. The third kappa shape index (κ3) is 5.87. The van der Waals surface area contributed by atoms with Crippen LogP contribution in [-0.2, 0) is 30.8 Å². The maximum atomic E-state index is 15.4. The van der Waals surface area contributed by atoms with Crippen molar-refractivity contribution < 1.29 is 47.0 Å². The molecule has 6 unspecified atom stereocenters. The van der Waals surface area contributed by atoms with Crippen LogP contribution in [0.15, 0.2) is 90.6 Å². The Bertz CT molecular complexity index is 2420. The maximum Gasteiger partial charge on any atom is 0.417 e. The highest BCUT2D eigenvalue weighted by Crippen LogP contribution is 2.65. The van der Waals surface area contributed by atoms with Crippen molar-refractivity contribution in [2.75, 3.05) is 17.4 Å². The number of phenols is 1. The highest BCUT2D eigenvalue weighted by atomic mass is 35.5. The van der Waals surface area contributed by atoms with Crippen molar-refractivity contribution in [3.63, 3.8) is 0 Å². The number of hydrazine groups is 1. The number of ketones is 1. The summed E-state index contributed by atoms with van der Waals surface area (Å²) in [7, 11) is 1.37. The van der Waals surface area contributed by atoms with Crippen LogP contribution in [0, 0.1) is 23.7 Å². The Kier molecular flexibility index (Phi) is 9.19. The van der Waals surface area contributed by atoms with E-state index in [4.69, 9.17) is 27.9 Å². The lowest BCUT2D eigenvalue weighted by Gasteiger charge is -2.50. The number of Topliss-reactive ketones (excluding diaryl/α,β-unsaturated/α-hetero) is 1. The molecule has 1 aromatic heterocycles. The van der Waals surface area contributed by atoms with E-state index in [9.17, 15) is 37.5 Å². The smallest absolute Gasteiger partial charge is 0.417 e. The molecule has 11 nitrogen and oxygen atoms in total. The van der Waals surface area contributed by atoms with E-state index in [1.165, 1.54) is 50.4 Å². The Labute approximate surface area is 333 Å². The van der Waals surface area contributed by atoms with E-state index >= 15 is 4.79 Å². The molecule has 1 saturated carbocycles. The van der Waals surface area contributed by atoms with E-state index in [0.29, 0.717) is 44.6 Å². The van der Waals surface area contributed by atoms with Crippen molar-refractivity contribution in [3.8, 4) is 11.5 Å². The number of methoxy groups -OCH3 is 1. The zero-order valence-corrected chi connectivity index (χ0v) is 31.5. The quantitative estimate of drug-likeness (QED) is 0.110. The van der Waals surface area contributed by atoms with Crippen LogP contribution in [0.5, 0.6) is 11.5 Å². The fraction of sp³-hybridized carbons (Fsp3) is 0.268. The predicted molar refractivity (Wildman–Crippen MR) is 200 cm³/mol. The van der Waals surface area contributed by atoms with Gasteiger partial charge in [-0.25, -0.2) is 4.98 Å². The number of carbonyl (C=O) groups excluding carboxylic acids is 5. The molecule has 4 aliphatic rings. The number of rotatable bonds is 7. The number of fused-ring (bicyclic) bond motifs is 4. The second-order valence-corrected chi connectivity index (χ2v) is 15.3. The number of amides is 4. The minimum atomic E-state index is -4.77. The first kappa shape index (κ1) is 38.2. The molecule has 2 N–H and O–H groups in total. The summed E-state index contributed by atoms with van der Waals surface area (Å²) in [6, 6.07) is 17.4. The monoisotopic (exact) mass is 818 g/mol. The summed E-state index contributed by atoms with van der Waals surface area (Å²) < 4.78 is 46.3. The second-order valence-electron chi connectivity index (χ2n) is 14.5. The van der Waals surface area contributed by atoms with Gasteiger partial charge in [-0.05, 0) is 79.8 Å². The van der Waals surface area contributed by atoms with Gasteiger partial charge < -0.3 is 9.84 Å². The number of aromatic hydroxyl groups is 1. The normalized spacial score (nSPS) is 25.5. The van der Waals surface area contributed by atoms with Crippen molar-refractivity contribution >= 4 is 64.1 Å². The van der Waals surface area contributed by atoms with E-state index in [0.717, 1.165) is 4.90 Å². The molecule has 2 saturated heterocycles. The Balaban J connectivity index is 1.31. The minimum absolute atomic E-state index is 0.0976. The molecular weight excluding hydrogens is 788 g/mol. The lowest BCUT2D eigenvalue weighted by Crippen LogP contribution is -2.53. The lowest BCUT2D eigenvalue weighted by atomic mass is 9.49. The number of allylic oxidation sites excluding steroid dienone is 2. The standard InChI is InChI=1S/C41H31Cl2F3N4O7/c1-19(51)20-3-9-24(10-4-20)49-36(53)28-14-13-26-29(33(28)38(49)55)17-30-37(54)50(48-35-31(43)15-22(18-47-35)41(44,45)46)39(56)40(30,21-5-7-23(42)8-6-21)34(26)27-12-11-25(52)16-32(27)57-2/h3-13,15-16,18,28-30,33-34,52H,14,17H2,1-2H3,(H,47,48). The van der Waals surface area contributed by atoms with Gasteiger partial charge in [-0.2, -0.15) is 18.2 Å². The molecule has 6 atom stereocenters. The lowest BCUT2D eigenvalue weighted by molar-refractivity contribution is -0.139. The number of aromatic nitrogens is 1. The number of nitrogens with one attached hydrogen (secondary N) is 1. The van der Waals surface area contributed by atoms with Crippen LogP contribution >= 0.6 is 23.2 Å². The molecule has 4 amide bonds. The molecule has 3 fully saturated rings. The van der Waals surface area contributed by atoms with Gasteiger partial charge in [-0.3, -0.25) is 34.3 Å². The van der Waals surface area contributed by atoms with Gasteiger partial charge in [0.2, 0.25) is 11.8 Å². The van der Waals surface area contributed by atoms with Crippen molar-refractivity contribution in [2.24, 2.45) is 23.7 Å². The number of nitrogens with zero attached hydrogens (tertiary/aromatic N) is 3. The molecular formula is C41H31Cl2F3N4O7. The third-order valence-corrected chi connectivity index (χ3v) is 12.2. The number of hydrogen-bond acceptors (Lipinski definition) is 9. The van der Waals surface area contributed by atoms with Gasteiger partial charge >= 0.3 is 6.18 Å². The summed E-state index contributed by atoms with van der Waals surface area (Å²) in [6.45, 7) is 1.40. The Hall–Kier alpha value is -5.73. The van der Waals surface area contributed by atoms with Crippen LogP contribution < -0.4 is 15.1 Å². The molecule has 0 bridgehead atoms. The maximum absolute atomic E-state index is 15.4. The van der Waals surface area contributed by atoms with E-state index in [2.05, 4.69) is 10.4 Å². The van der Waals surface area contributed by atoms with Gasteiger partial charge in [0.25, 0.3) is 11.8 Å². The second kappa shape index (κ2) is 13.7. The number of anilines is 2. The average Bonchev–Trinajstić information content (AvgIpc) is 3.56. The summed E-state index contributed by atoms with van der Waals surface area (Å²) in [5, 5.41) is 11.0. The van der Waals surface area contributed by atoms with Crippen LogP contribution in [-0.4, -0.2) is 51.6 Å². The number of phenolic OH excluding ortho intramolecular Hbond substituents is 1. The number of carbonyl (C=O) groups is 5. The number of pyridine rings is 1. The van der Waals surface area contributed by atoms with Gasteiger partial charge in [0.15, 0.2) is 11.6 Å². The van der Waals surface area contributed by atoms with Crippen molar-refractivity contribution in [3.05, 3.63) is 123 Å². The van der Waals surface area contributed by atoms with Gasteiger partial charge in [0, 0.05) is 34.3 Å². The molecule has 0 spiro atoms. The largest absolute Gasteiger partial charge is 0.508 e. The molecule has 4 aromatic rings. The van der Waals surface area contributed by atoms with Gasteiger partial charge in [0.1, 0.15) is 11.5 Å². The Morgan fingerprint density at radius 2 is 1.65 bits per heavy atom. The molecule has 0 radical (unpaired) electrons. The van der Waals surface area contributed by atoms with Gasteiger partial charge in [-0.1, -0.05) is 53.1 Å². The molecule has 57 heavy (non-hydrogen) atoms. The SMILES string of the molecule is COc1cc(O)ccc1C1C2=CCC3C(=O)N(c4ccc(C(C)=O)cc4)C(=O)C3C2CC2C(=O)N(Nc3ncc(C(F)(F)F)cc3Cl)C(=O)C21c1ccc(Cl)cc1. The predicted octanol–water partition coefficient (Wildman–Crippen LogP) is 7.51. The minimum Gasteiger partial charge on any atom is -0.508 e.